The van der Waals surface area contributed by atoms with Gasteiger partial charge in [-0.2, -0.15) is 0 Å². The molecule has 0 radical (unpaired) electrons. The van der Waals surface area contributed by atoms with Crippen molar-refractivity contribution in [2.45, 2.75) is 25.8 Å². The summed E-state index contributed by atoms with van der Waals surface area (Å²) in [5, 5.41) is 10.8. The summed E-state index contributed by atoms with van der Waals surface area (Å²) in [6.07, 6.45) is 4.76. The van der Waals surface area contributed by atoms with Crippen LogP contribution >= 0.6 is 0 Å². The predicted octanol–water partition coefficient (Wildman–Crippen LogP) is 3.20. The van der Waals surface area contributed by atoms with Gasteiger partial charge < -0.3 is 15.0 Å². The van der Waals surface area contributed by atoms with E-state index in [1.165, 1.54) is 10.9 Å². The third kappa shape index (κ3) is 2.22. The van der Waals surface area contributed by atoms with Crippen molar-refractivity contribution in [2.75, 3.05) is 6.54 Å². The number of hydrogen-bond acceptors (Lipinski definition) is 3. The van der Waals surface area contributed by atoms with Gasteiger partial charge in [-0.3, -0.25) is 9.59 Å². The number of nitrogens with zero attached hydrogens (tertiary/aromatic N) is 1. The quantitative estimate of drug-likeness (QED) is 0.502. The summed E-state index contributed by atoms with van der Waals surface area (Å²) in [6.45, 7) is 2.40. The van der Waals surface area contributed by atoms with Crippen LogP contribution in [0.15, 0.2) is 47.7 Å². The van der Waals surface area contributed by atoms with E-state index in [9.17, 15) is 14.7 Å². The lowest BCUT2D eigenvalue weighted by atomic mass is 9.78. The molecule has 2 N–H and O–H groups in total. The molecule has 128 valence electrons. The molecule has 5 heteroatoms. The van der Waals surface area contributed by atoms with E-state index >= 15 is 0 Å². The van der Waals surface area contributed by atoms with Crippen molar-refractivity contribution in [1.29, 1.82) is 0 Å². The van der Waals surface area contributed by atoms with E-state index in [0.29, 0.717) is 24.1 Å². The maximum absolute atomic E-state index is 12.9. The summed E-state index contributed by atoms with van der Waals surface area (Å²) < 4.78 is 0. The van der Waals surface area contributed by atoms with Crippen LogP contribution < -0.4 is 0 Å². The molecule has 0 bridgehead atoms. The molecule has 1 fully saturated rings. The third-order valence-electron chi connectivity index (χ3n) is 5.51. The zero-order valence-electron chi connectivity index (χ0n) is 14.0. The van der Waals surface area contributed by atoms with Gasteiger partial charge in [0.2, 0.25) is 0 Å². The van der Waals surface area contributed by atoms with Gasteiger partial charge in [0.1, 0.15) is 6.29 Å². The summed E-state index contributed by atoms with van der Waals surface area (Å²) in [4.78, 5) is 29.6. The minimum Gasteiger partial charge on any atom is -0.515 e. The van der Waals surface area contributed by atoms with Crippen molar-refractivity contribution >= 4 is 23.1 Å². The van der Waals surface area contributed by atoms with E-state index in [2.05, 4.69) is 11.1 Å². The second kappa shape index (κ2) is 5.92. The third-order valence-corrected chi connectivity index (χ3v) is 5.51. The molecule has 1 amide bonds. The van der Waals surface area contributed by atoms with E-state index < -0.39 is 0 Å². The van der Waals surface area contributed by atoms with Gasteiger partial charge in [-0.25, -0.2) is 0 Å². The topological polar surface area (TPSA) is 73.4 Å². The second-order valence-corrected chi connectivity index (χ2v) is 6.61. The number of allylic oxidation sites excluding steroid dienone is 2. The first-order chi connectivity index (χ1) is 12.2. The molecule has 1 aromatic carbocycles. The van der Waals surface area contributed by atoms with E-state index in [-0.39, 0.29) is 17.9 Å². The molecule has 3 heterocycles. The highest BCUT2D eigenvalue weighted by atomic mass is 16.2. The van der Waals surface area contributed by atoms with Gasteiger partial charge in [0.05, 0.1) is 17.9 Å². The maximum Gasteiger partial charge on any atom is 0.254 e. The standard InChI is InChI=1S/C20H20N2O3/c1-2-12(10-23)15-9-18-19-14(13-5-3-4-6-17(13)21-19)7-8-22(18)20(25)16(15)11-24/h2-6,10-11,15,18,21,24H,7-9H2,1H3/b12-2-,16-11-/t15-,18-/m1/s1. The number of aromatic amines is 1. The molecule has 0 spiro atoms. The Balaban J connectivity index is 1.83. The molecule has 0 unspecified atom stereocenters. The molecule has 1 saturated heterocycles. The average molecular weight is 336 g/mol. The number of carbonyl (C=O) groups is 2. The lowest BCUT2D eigenvalue weighted by molar-refractivity contribution is -0.133. The normalized spacial score (nSPS) is 25.2. The molecule has 4 rings (SSSR count). The molecule has 5 nitrogen and oxygen atoms in total. The van der Waals surface area contributed by atoms with Crippen molar-refractivity contribution in [1.82, 2.24) is 9.88 Å². The Morgan fingerprint density at radius 3 is 2.88 bits per heavy atom. The highest BCUT2D eigenvalue weighted by Crippen LogP contribution is 2.44. The summed E-state index contributed by atoms with van der Waals surface area (Å²) >= 11 is 0. The van der Waals surface area contributed by atoms with Crippen molar-refractivity contribution in [3.05, 3.63) is 59.0 Å². The van der Waals surface area contributed by atoms with Crippen LogP contribution in [0.5, 0.6) is 0 Å². The summed E-state index contributed by atoms with van der Waals surface area (Å²) in [5.74, 6) is -0.562. The maximum atomic E-state index is 12.9. The number of piperidine rings is 1. The van der Waals surface area contributed by atoms with Crippen LogP contribution in [-0.2, 0) is 16.0 Å². The Bertz CT molecular complexity index is 922. The average Bonchev–Trinajstić information content (AvgIpc) is 3.02. The fourth-order valence-corrected chi connectivity index (χ4v) is 4.28. The molecule has 2 aliphatic heterocycles. The number of aliphatic hydroxyl groups excluding tert-OH is 1. The minimum atomic E-state index is -0.376. The number of fused-ring (bicyclic) bond motifs is 5. The number of nitrogens with one attached hydrogen (secondary N) is 1. The van der Waals surface area contributed by atoms with Gasteiger partial charge in [-0.15, -0.1) is 0 Å². The van der Waals surface area contributed by atoms with Gasteiger partial charge in [0.25, 0.3) is 5.91 Å². The largest absolute Gasteiger partial charge is 0.515 e. The Kier molecular flexibility index (Phi) is 3.71. The highest BCUT2D eigenvalue weighted by molar-refractivity contribution is 5.98. The molecule has 2 atom stereocenters. The van der Waals surface area contributed by atoms with Crippen LogP contribution in [0.2, 0.25) is 0 Å². The summed E-state index contributed by atoms with van der Waals surface area (Å²) in [5.41, 5.74) is 4.23. The van der Waals surface area contributed by atoms with E-state index in [1.54, 1.807) is 13.0 Å². The summed E-state index contributed by atoms with van der Waals surface area (Å²) in [7, 11) is 0. The van der Waals surface area contributed by atoms with Gasteiger partial charge in [-0.1, -0.05) is 24.3 Å². The van der Waals surface area contributed by atoms with E-state index in [1.807, 2.05) is 23.1 Å². The number of hydrogen-bond donors (Lipinski definition) is 2. The van der Waals surface area contributed by atoms with Gasteiger partial charge in [-0.05, 0) is 37.0 Å². The first kappa shape index (κ1) is 15.7. The minimum absolute atomic E-state index is 0.104. The van der Waals surface area contributed by atoms with Crippen LogP contribution in [0.3, 0.4) is 0 Å². The number of aliphatic hydroxyl groups is 1. The van der Waals surface area contributed by atoms with Crippen LogP contribution in [-0.4, -0.2) is 33.7 Å². The van der Waals surface area contributed by atoms with Gasteiger partial charge >= 0.3 is 0 Å². The van der Waals surface area contributed by atoms with Crippen LogP contribution in [0, 0.1) is 5.92 Å². The van der Waals surface area contributed by atoms with Crippen molar-refractivity contribution in [3.63, 3.8) is 0 Å². The number of aromatic nitrogens is 1. The fourth-order valence-electron chi connectivity index (χ4n) is 4.28. The Labute approximate surface area is 145 Å². The lowest BCUT2D eigenvalue weighted by Crippen LogP contribution is -2.47. The molecule has 2 aliphatic rings. The van der Waals surface area contributed by atoms with Gasteiger partial charge in [0, 0.05) is 29.1 Å². The SMILES string of the molecule is C/C=C(/C=O)[C@H]1C[C@@H]2c3[nH]c4ccccc4c3CCN2C(=O)/C1=C\O. The van der Waals surface area contributed by atoms with Crippen LogP contribution in [0.25, 0.3) is 10.9 Å². The zero-order valence-corrected chi connectivity index (χ0v) is 14.0. The van der Waals surface area contributed by atoms with E-state index in [0.717, 1.165) is 30.2 Å². The molecule has 25 heavy (non-hydrogen) atoms. The van der Waals surface area contributed by atoms with Crippen molar-refractivity contribution in [2.24, 2.45) is 5.92 Å². The number of rotatable bonds is 2. The monoisotopic (exact) mass is 336 g/mol. The van der Waals surface area contributed by atoms with Crippen LogP contribution in [0.4, 0.5) is 0 Å². The molecule has 0 saturated carbocycles. The number of benzene rings is 1. The Morgan fingerprint density at radius 2 is 2.16 bits per heavy atom. The second-order valence-electron chi connectivity index (χ2n) is 6.61. The Morgan fingerprint density at radius 1 is 1.36 bits per heavy atom. The fraction of sp³-hybridized carbons (Fsp3) is 0.300. The number of para-hydroxylation sites is 1. The van der Waals surface area contributed by atoms with Crippen molar-refractivity contribution in [3.8, 4) is 0 Å². The predicted molar refractivity (Wildman–Crippen MR) is 95.1 cm³/mol. The van der Waals surface area contributed by atoms with Crippen molar-refractivity contribution < 1.29 is 14.7 Å². The molecule has 0 aliphatic carbocycles. The number of H-pyrrole nitrogens is 1. The first-order valence-corrected chi connectivity index (χ1v) is 8.55. The molecule has 1 aromatic heterocycles. The van der Waals surface area contributed by atoms with Gasteiger partial charge in [0.15, 0.2) is 0 Å². The molecular weight excluding hydrogens is 316 g/mol. The molecule has 2 aromatic rings. The summed E-state index contributed by atoms with van der Waals surface area (Å²) in [6, 6.07) is 8.06. The highest BCUT2D eigenvalue weighted by Gasteiger charge is 2.43. The number of amides is 1. The smallest absolute Gasteiger partial charge is 0.254 e. The zero-order chi connectivity index (χ0) is 17.6. The lowest BCUT2D eigenvalue weighted by Gasteiger charge is -2.43. The molecular formula is C20H20N2O3. The van der Waals surface area contributed by atoms with Crippen LogP contribution in [0.1, 0.15) is 30.6 Å². The first-order valence-electron chi connectivity index (χ1n) is 8.55. The Hall–Kier alpha value is -2.82. The van der Waals surface area contributed by atoms with E-state index in [4.69, 9.17) is 0 Å². The number of carbonyl (C=O) groups excluding carboxylic acids is 2. The number of aldehydes is 1.